The first-order chi connectivity index (χ1) is 8.74. The van der Waals surface area contributed by atoms with Gasteiger partial charge in [-0.05, 0) is 23.9 Å². The van der Waals surface area contributed by atoms with Crippen LogP contribution in [-0.2, 0) is 5.88 Å². The molecule has 2 aromatic rings. The van der Waals surface area contributed by atoms with E-state index in [9.17, 15) is 4.79 Å². The van der Waals surface area contributed by atoms with Crippen molar-refractivity contribution in [2.75, 3.05) is 11.9 Å². The molecule has 0 saturated carbocycles. The Kier molecular flexibility index (Phi) is 5.86. The number of anilines is 1. The molecule has 19 heavy (non-hydrogen) atoms. The average molecular weight is 300 g/mol. The molecule has 0 fully saturated rings. The zero-order valence-electron chi connectivity index (χ0n) is 10.4. The number of benzene rings is 1. The largest absolute Gasteiger partial charge is 0.338 e. The first-order valence-corrected chi connectivity index (χ1v) is 6.26. The first-order valence-electron chi connectivity index (χ1n) is 5.73. The second-order valence-corrected chi connectivity index (χ2v) is 4.09. The molecule has 0 saturated heterocycles. The SMILES string of the molecule is CCNC(=O)Nc1cc2cccc(CCl)c2cn1.Cl. The summed E-state index contributed by atoms with van der Waals surface area (Å²) in [5.74, 6) is 0.974. The zero-order valence-corrected chi connectivity index (χ0v) is 12.0. The zero-order chi connectivity index (χ0) is 13.0. The minimum Gasteiger partial charge on any atom is -0.338 e. The number of pyridine rings is 1. The maximum absolute atomic E-state index is 11.4. The number of carbonyl (C=O) groups is 1. The van der Waals surface area contributed by atoms with E-state index in [2.05, 4.69) is 15.6 Å². The molecule has 0 spiro atoms. The van der Waals surface area contributed by atoms with Gasteiger partial charge in [-0.15, -0.1) is 24.0 Å². The van der Waals surface area contributed by atoms with Gasteiger partial charge in [-0.2, -0.15) is 0 Å². The number of alkyl halides is 1. The minimum absolute atomic E-state index is 0. The van der Waals surface area contributed by atoms with Crippen molar-refractivity contribution < 1.29 is 4.79 Å². The third kappa shape index (κ3) is 3.72. The molecule has 2 rings (SSSR count). The lowest BCUT2D eigenvalue weighted by Gasteiger charge is -2.07. The van der Waals surface area contributed by atoms with Crippen LogP contribution in [0.4, 0.5) is 10.6 Å². The van der Waals surface area contributed by atoms with Gasteiger partial charge in [0.25, 0.3) is 0 Å². The molecular formula is C13H15Cl2N3O. The topological polar surface area (TPSA) is 54.0 Å². The Balaban J connectivity index is 0.00000180. The fraction of sp³-hybridized carbons (Fsp3) is 0.231. The Morgan fingerprint density at radius 2 is 2.21 bits per heavy atom. The van der Waals surface area contributed by atoms with E-state index in [1.54, 1.807) is 6.20 Å². The number of halogens is 2. The molecule has 102 valence electrons. The second kappa shape index (κ2) is 7.16. The lowest BCUT2D eigenvalue weighted by Crippen LogP contribution is -2.28. The van der Waals surface area contributed by atoms with Crippen molar-refractivity contribution in [2.45, 2.75) is 12.8 Å². The average Bonchev–Trinajstić information content (AvgIpc) is 2.38. The highest BCUT2D eigenvalue weighted by atomic mass is 35.5. The maximum atomic E-state index is 11.4. The molecule has 0 bridgehead atoms. The number of nitrogens with one attached hydrogen (secondary N) is 2. The Morgan fingerprint density at radius 1 is 1.42 bits per heavy atom. The van der Waals surface area contributed by atoms with E-state index in [1.807, 2.05) is 31.2 Å². The van der Waals surface area contributed by atoms with E-state index >= 15 is 0 Å². The van der Waals surface area contributed by atoms with Gasteiger partial charge in [-0.3, -0.25) is 5.32 Å². The lowest BCUT2D eigenvalue weighted by atomic mass is 10.1. The molecule has 0 unspecified atom stereocenters. The molecule has 1 aromatic carbocycles. The lowest BCUT2D eigenvalue weighted by molar-refractivity contribution is 0.252. The van der Waals surface area contributed by atoms with Crippen LogP contribution < -0.4 is 10.6 Å². The molecule has 2 N–H and O–H groups in total. The summed E-state index contributed by atoms with van der Waals surface area (Å²) in [7, 11) is 0. The van der Waals surface area contributed by atoms with E-state index in [4.69, 9.17) is 11.6 Å². The van der Waals surface area contributed by atoms with E-state index in [0.29, 0.717) is 18.2 Å². The van der Waals surface area contributed by atoms with Crippen molar-refractivity contribution >= 4 is 46.6 Å². The number of rotatable bonds is 3. The molecule has 0 aliphatic heterocycles. The Labute approximate surface area is 123 Å². The Morgan fingerprint density at radius 3 is 2.89 bits per heavy atom. The minimum atomic E-state index is -0.252. The number of amides is 2. The normalized spacial score (nSPS) is 9.79. The van der Waals surface area contributed by atoms with Crippen molar-refractivity contribution in [3.8, 4) is 0 Å². The fourth-order valence-corrected chi connectivity index (χ4v) is 1.97. The molecule has 2 amide bonds. The molecule has 6 heteroatoms. The van der Waals surface area contributed by atoms with Crippen LogP contribution in [0.15, 0.2) is 30.5 Å². The third-order valence-corrected chi connectivity index (χ3v) is 2.87. The van der Waals surface area contributed by atoms with Gasteiger partial charge in [0, 0.05) is 24.0 Å². The smallest absolute Gasteiger partial charge is 0.320 e. The molecular weight excluding hydrogens is 285 g/mol. The monoisotopic (exact) mass is 299 g/mol. The summed E-state index contributed by atoms with van der Waals surface area (Å²) in [6.45, 7) is 2.44. The van der Waals surface area contributed by atoms with Crippen molar-refractivity contribution in [3.63, 3.8) is 0 Å². The van der Waals surface area contributed by atoms with Crippen LogP contribution in [0.25, 0.3) is 10.8 Å². The van der Waals surface area contributed by atoms with Crippen LogP contribution >= 0.6 is 24.0 Å². The van der Waals surface area contributed by atoms with Crippen molar-refractivity contribution in [1.29, 1.82) is 0 Å². The summed E-state index contributed by atoms with van der Waals surface area (Å²) < 4.78 is 0. The molecule has 0 atom stereocenters. The van der Waals surface area contributed by atoms with Gasteiger partial charge in [-0.1, -0.05) is 18.2 Å². The van der Waals surface area contributed by atoms with E-state index in [-0.39, 0.29) is 18.4 Å². The quantitative estimate of drug-likeness (QED) is 0.852. The molecule has 0 aliphatic rings. The van der Waals surface area contributed by atoms with E-state index in [0.717, 1.165) is 16.3 Å². The molecule has 0 radical (unpaired) electrons. The predicted octanol–water partition coefficient (Wildman–Crippen LogP) is 3.54. The highest BCUT2D eigenvalue weighted by molar-refractivity contribution is 6.18. The van der Waals surface area contributed by atoms with Crippen LogP contribution in [-0.4, -0.2) is 17.6 Å². The van der Waals surface area contributed by atoms with Crippen LogP contribution in [0.2, 0.25) is 0 Å². The summed E-state index contributed by atoms with van der Waals surface area (Å²) in [6.07, 6.45) is 1.73. The highest BCUT2D eigenvalue weighted by Gasteiger charge is 2.04. The number of aromatic nitrogens is 1. The van der Waals surface area contributed by atoms with Crippen molar-refractivity contribution in [3.05, 3.63) is 36.0 Å². The van der Waals surface area contributed by atoms with Crippen molar-refractivity contribution in [1.82, 2.24) is 10.3 Å². The van der Waals surface area contributed by atoms with Crippen LogP contribution in [0.5, 0.6) is 0 Å². The predicted molar refractivity (Wildman–Crippen MR) is 81.2 cm³/mol. The third-order valence-electron chi connectivity index (χ3n) is 2.58. The van der Waals surface area contributed by atoms with Gasteiger partial charge in [0.05, 0.1) is 0 Å². The van der Waals surface area contributed by atoms with Crippen molar-refractivity contribution in [2.24, 2.45) is 0 Å². The second-order valence-electron chi connectivity index (χ2n) is 3.83. The first kappa shape index (κ1) is 15.5. The van der Waals surface area contributed by atoms with Crippen LogP contribution in [0, 0.1) is 0 Å². The van der Waals surface area contributed by atoms with Gasteiger partial charge in [-0.25, -0.2) is 9.78 Å². The Bertz CT molecular complexity index is 575. The summed E-state index contributed by atoms with van der Waals surface area (Å²) in [5.41, 5.74) is 1.03. The van der Waals surface area contributed by atoms with Gasteiger partial charge in [0.2, 0.25) is 0 Å². The summed E-state index contributed by atoms with van der Waals surface area (Å²) in [4.78, 5) is 15.6. The number of urea groups is 1. The molecule has 1 aromatic heterocycles. The number of carbonyl (C=O) groups excluding carboxylic acids is 1. The standard InChI is InChI=1S/C13H14ClN3O.ClH/c1-2-15-13(18)17-12-6-9-4-3-5-10(7-14)11(9)8-16-12;/h3-6,8H,2,7H2,1H3,(H2,15,16,17,18);1H. The van der Waals surface area contributed by atoms with Crippen LogP contribution in [0.1, 0.15) is 12.5 Å². The summed E-state index contributed by atoms with van der Waals surface area (Å²) in [5, 5.41) is 7.35. The maximum Gasteiger partial charge on any atom is 0.320 e. The molecule has 0 aliphatic carbocycles. The molecule has 1 heterocycles. The number of hydrogen-bond donors (Lipinski definition) is 2. The van der Waals surface area contributed by atoms with E-state index in [1.165, 1.54) is 0 Å². The van der Waals surface area contributed by atoms with Gasteiger partial charge in [0.15, 0.2) is 0 Å². The number of fused-ring (bicyclic) bond motifs is 1. The van der Waals surface area contributed by atoms with Crippen LogP contribution in [0.3, 0.4) is 0 Å². The summed E-state index contributed by atoms with van der Waals surface area (Å²) in [6, 6.07) is 7.46. The van der Waals surface area contributed by atoms with E-state index < -0.39 is 0 Å². The number of nitrogens with zero attached hydrogens (tertiary/aromatic N) is 1. The Hall–Kier alpha value is -1.52. The highest BCUT2D eigenvalue weighted by Crippen LogP contribution is 2.21. The molecule has 4 nitrogen and oxygen atoms in total. The number of hydrogen-bond acceptors (Lipinski definition) is 2. The summed E-state index contributed by atoms with van der Waals surface area (Å²) >= 11 is 5.86. The fourth-order valence-electron chi connectivity index (χ4n) is 1.74. The van der Waals surface area contributed by atoms with Gasteiger partial charge >= 0.3 is 6.03 Å². The van der Waals surface area contributed by atoms with Gasteiger partial charge in [0.1, 0.15) is 5.82 Å². The van der Waals surface area contributed by atoms with Gasteiger partial charge < -0.3 is 5.32 Å².